The molecule has 0 saturated heterocycles. The normalized spacial score (nSPS) is 13.3. The van der Waals surface area contributed by atoms with Crippen molar-refractivity contribution in [1.82, 2.24) is 5.32 Å². The third-order valence-electron chi connectivity index (χ3n) is 6.05. The number of aliphatic carboxylic acids is 1. The van der Waals surface area contributed by atoms with Crippen LogP contribution in [0.4, 0.5) is 0 Å². The summed E-state index contributed by atoms with van der Waals surface area (Å²) in [6, 6.07) is 37.3. The summed E-state index contributed by atoms with van der Waals surface area (Å²) in [5.41, 5.74) is 0.419. The molecule has 4 aromatic rings. The van der Waals surface area contributed by atoms with E-state index in [0.717, 1.165) is 15.9 Å². The number of benzene rings is 4. The van der Waals surface area contributed by atoms with E-state index in [1.54, 1.807) is 24.3 Å². The second kappa shape index (κ2) is 9.92. The maximum atomic E-state index is 13.0. The summed E-state index contributed by atoms with van der Waals surface area (Å²) in [6.45, 7) is 0. The summed E-state index contributed by atoms with van der Waals surface area (Å²) >= 11 is 4.25. The molecule has 4 nitrogen and oxygen atoms in total. The summed E-state index contributed by atoms with van der Waals surface area (Å²) in [6.07, 6.45) is 0.164. The molecule has 1 amide bonds. The topological polar surface area (TPSA) is 66.4 Å². The third-order valence-corrected chi connectivity index (χ3v) is 15.8. The van der Waals surface area contributed by atoms with Crippen molar-refractivity contribution in [3.8, 4) is 0 Å². The van der Waals surface area contributed by atoms with Gasteiger partial charge in [-0.05, 0) is 0 Å². The van der Waals surface area contributed by atoms with E-state index in [1.807, 2.05) is 97.1 Å². The SMILES string of the molecule is O=C(N[C@H](CP(Br)(c1ccccc1)(c1ccccc1)c1ccccc1)C(=O)O)c1ccccc1. The van der Waals surface area contributed by atoms with E-state index >= 15 is 0 Å². The molecule has 0 aliphatic rings. The molecule has 172 valence electrons. The zero-order valence-corrected chi connectivity index (χ0v) is 20.9. The van der Waals surface area contributed by atoms with Gasteiger partial charge in [0, 0.05) is 0 Å². The van der Waals surface area contributed by atoms with E-state index < -0.39 is 23.2 Å². The van der Waals surface area contributed by atoms with Crippen LogP contribution in [0.25, 0.3) is 0 Å². The summed E-state index contributed by atoms with van der Waals surface area (Å²) in [7, 11) is 0. The first-order chi connectivity index (χ1) is 16.4. The number of rotatable bonds is 8. The molecule has 4 rings (SSSR count). The Morgan fingerprint density at radius 3 is 1.38 bits per heavy atom. The number of hydrogen-bond donors (Lipinski definition) is 2. The van der Waals surface area contributed by atoms with Gasteiger partial charge in [0.15, 0.2) is 0 Å². The van der Waals surface area contributed by atoms with Crippen molar-refractivity contribution < 1.29 is 14.7 Å². The average molecular weight is 534 g/mol. The molecule has 6 heteroatoms. The summed E-state index contributed by atoms with van der Waals surface area (Å²) in [4.78, 5) is 25.5. The van der Waals surface area contributed by atoms with Crippen molar-refractivity contribution in [2.45, 2.75) is 6.04 Å². The van der Waals surface area contributed by atoms with Crippen molar-refractivity contribution in [3.63, 3.8) is 0 Å². The van der Waals surface area contributed by atoms with Gasteiger partial charge in [0.1, 0.15) is 0 Å². The van der Waals surface area contributed by atoms with Crippen LogP contribution in [0, 0.1) is 0 Å². The molecule has 0 radical (unpaired) electrons. The first-order valence-electron chi connectivity index (χ1n) is 10.9. The molecule has 0 aliphatic heterocycles. The fraction of sp³-hybridized carbons (Fsp3) is 0.0714. The van der Waals surface area contributed by atoms with Gasteiger partial charge in [-0.3, -0.25) is 0 Å². The van der Waals surface area contributed by atoms with Crippen LogP contribution in [0.2, 0.25) is 0 Å². The molecule has 0 fully saturated rings. The molecule has 4 aromatic carbocycles. The van der Waals surface area contributed by atoms with E-state index in [0.29, 0.717) is 5.56 Å². The number of carbonyl (C=O) groups excluding carboxylic acids is 1. The summed E-state index contributed by atoms with van der Waals surface area (Å²) in [5, 5.41) is 12.5. The Morgan fingerprint density at radius 2 is 1.03 bits per heavy atom. The minimum absolute atomic E-state index is 0.164. The predicted molar refractivity (Wildman–Crippen MR) is 144 cm³/mol. The van der Waals surface area contributed by atoms with Crippen molar-refractivity contribution in [2.75, 3.05) is 6.16 Å². The molecule has 0 unspecified atom stereocenters. The van der Waals surface area contributed by atoms with Crippen LogP contribution in [0.1, 0.15) is 10.4 Å². The molecule has 34 heavy (non-hydrogen) atoms. The number of halogens is 1. The van der Waals surface area contributed by atoms with Crippen molar-refractivity contribution in [3.05, 3.63) is 127 Å². The van der Waals surface area contributed by atoms with E-state index in [-0.39, 0.29) is 6.16 Å². The monoisotopic (exact) mass is 533 g/mol. The van der Waals surface area contributed by atoms with Gasteiger partial charge in [-0.1, -0.05) is 0 Å². The number of carboxylic acids is 1. The standard InChI is InChI=1S/C28H25BrNO3P/c29-34(23-15-7-2-8-16-23,24-17-9-3-10-18-24,25-19-11-4-12-20-25)21-26(28(32)33)30-27(31)22-13-5-1-6-14-22/h1-20,26H,21H2,(H,30,31)(H,32,33)/t26-/m1/s1. The minimum atomic E-state index is -3.52. The Balaban J connectivity index is 1.92. The zero-order valence-electron chi connectivity index (χ0n) is 18.4. The van der Waals surface area contributed by atoms with Gasteiger partial charge in [-0.15, -0.1) is 0 Å². The molecular formula is C28H25BrNO3P. The van der Waals surface area contributed by atoms with Crippen molar-refractivity contribution in [1.29, 1.82) is 0 Å². The predicted octanol–water partition coefficient (Wildman–Crippen LogP) is 4.71. The number of amides is 1. The van der Waals surface area contributed by atoms with Crippen LogP contribution in [-0.2, 0) is 4.79 Å². The first kappa shape index (κ1) is 23.9. The molecule has 0 bridgehead atoms. The van der Waals surface area contributed by atoms with Gasteiger partial charge in [-0.25, -0.2) is 0 Å². The Kier molecular flexibility index (Phi) is 6.97. The molecule has 0 spiro atoms. The number of hydrogen-bond acceptors (Lipinski definition) is 2. The molecule has 2 N–H and O–H groups in total. The third kappa shape index (κ3) is 4.42. The molecule has 0 aromatic heterocycles. The fourth-order valence-corrected chi connectivity index (χ4v) is 12.2. The van der Waals surface area contributed by atoms with Gasteiger partial charge in [0.2, 0.25) is 0 Å². The van der Waals surface area contributed by atoms with Crippen LogP contribution in [-0.4, -0.2) is 29.2 Å². The molecular weight excluding hydrogens is 509 g/mol. The second-order valence-corrected chi connectivity index (χ2v) is 17.1. The quantitative estimate of drug-likeness (QED) is 0.322. The Hall–Kier alpha value is -3.27. The van der Waals surface area contributed by atoms with Gasteiger partial charge < -0.3 is 0 Å². The zero-order chi connectivity index (χ0) is 24.0. The van der Waals surface area contributed by atoms with Crippen molar-refractivity contribution >= 4 is 48.6 Å². The van der Waals surface area contributed by atoms with Gasteiger partial charge in [-0.2, -0.15) is 0 Å². The van der Waals surface area contributed by atoms with Crippen LogP contribution < -0.4 is 21.2 Å². The molecule has 0 heterocycles. The Morgan fingerprint density at radius 1 is 0.676 bits per heavy atom. The number of carbonyl (C=O) groups is 2. The van der Waals surface area contributed by atoms with Crippen LogP contribution in [0.5, 0.6) is 0 Å². The molecule has 1 atom stereocenters. The first-order valence-corrected chi connectivity index (χ1v) is 15.4. The van der Waals surface area contributed by atoms with E-state index in [4.69, 9.17) is 0 Å². The average Bonchev–Trinajstić information content (AvgIpc) is 2.90. The fourth-order valence-electron chi connectivity index (χ4n) is 4.34. The van der Waals surface area contributed by atoms with Gasteiger partial charge in [0.25, 0.3) is 0 Å². The summed E-state index contributed by atoms with van der Waals surface area (Å²) in [5.74, 6) is -1.50. The number of nitrogens with one attached hydrogen (secondary N) is 1. The molecule has 0 aliphatic carbocycles. The van der Waals surface area contributed by atoms with Crippen LogP contribution in [0.3, 0.4) is 0 Å². The van der Waals surface area contributed by atoms with E-state index in [9.17, 15) is 14.7 Å². The Bertz CT molecular complexity index is 1170. The summed E-state index contributed by atoms with van der Waals surface area (Å²) < 4.78 is 0. The Labute approximate surface area is 207 Å². The van der Waals surface area contributed by atoms with Crippen LogP contribution in [0.15, 0.2) is 121 Å². The number of carboxylic acid groups (broad SMARTS) is 1. The van der Waals surface area contributed by atoms with Gasteiger partial charge in [0.05, 0.1) is 0 Å². The maximum absolute atomic E-state index is 13.0. The van der Waals surface area contributed by atoms with Crippen LogP contribution >= 0.6 is 20.8 Å². The second-order valence-electron chi connectivity index (χ2n) is 8.10. The van der Waals surface area contributed by atoms with Crippen molar-refractivity contribution in [2.24, 2.45) is 0 Å². The van der Waals surface area contributed by atoms with E-state index in [2.05, 4.69) is 20.8 Å². The van der Waals surface area contributed by atoms with E-state index in [1.165, 1.54) is 0 Å². The molecule has 0 saturated carbocycles. The van der Waals surface area contributed by atoms with Gasteiger partial charge >= 0.3 is 208 Å².